The van der Waals surface area contributed by atoms with Gasteiger partial charge in [0.25, 0.3) is 0 Å². The van der Waals surface area contributed by atoms with Crippen molar-refractivity contribution in [2.45, 2.75) is 32.4 Å². The van der Waals surface area contributed by atoms with Crippen LogP contribution in [0.4, 0.5) is 0 Å². The van der Waals surface area contributed by atoms with Crippen LogP contribution in [0.5, 0.6) is 0 Å². The van der Waals surface area contributed by atoms with Gasteiger partial charge in [0, 0.05) is 42.9 Å². The van der Waals surface area contributed by atoms with E-state index in [2.05, 4.69) is 10.00 Å². The molecule has 0 aromatic carbocycles. The number of aromatic nitrogens is 2. The lowest BCUT2D eigenvalue weighted by Gasteiger charge is -2.34. The first-order valence-electron chi connectivity index (χ1n) is 6.87. The molecule has 1 saturated heterocycles. The molecule has 1 fully saturated rings. The summed E-state index contributed by atoms with van der Waals surface area (Å²) in [5, 5.41) is 4.23. The van der Waals surface area contributed by atoms with Gasteiger partial charge >= 0.3 is 5.97 Å². The van der Waals surface area contributed by atoms with Crippen molar-refractivity contribution in [2.75, 3.05) is 24.6 Å². The monoisotopic (exact) mass is 297 g/mol. The normalized spacial score (nSPS) is 20.9. The Bertz CT molecular complexity index is 467. The summed E-state index contributed by atoms with van der Waals surface area (Å²) in [6, 6.07) is 0.245. The molecule has 1 aromatic rings. The zero-order chi connectivity index (χ0) is 14.8. The zero-order valence-corrected chi connectivity index (χ0v) is 13.4. The molecule has 0 radical (unpaired) electrons. The van der Waals surface area contributed by atoms with Crippen molar-refractivity contribution in [3.63, 3.8) is 0 Å². The highest BCUT2D eigenvalue weighted by Crippen LogP contribution is 2.29. The SMILES string of the molecule is Cn1cc([C@@H]2CSCCN2CC(=O)OC(C)(C)C)cn1. The summed E-state index contributed by atoms with van der Waals surface area (Å²) in [4.78, 5) is 14.2. The molecule has 5 nitrogen and oxygen atoms in total. The molecule has 0 amide bonds. The summed E-state index contributed by atoms with van der Waals surface area (Å²) in [5.74, 6) is 1.90. The highest BCUT2D eigenvalue weighted by atomic mass is 32.2. The lowest BCUT2D eigenvalue weighted by atomic mass is 10.1. The number of rotatable bonds is 3. The molecule has 0 unspecified atom stereocenters. The van der Waals surface area contributed by atoms with E-state index in [0.717, 1.165) is 18.1 Å². The Balaban J connectivity index is 2.02. The van der Waals surface area contributed by atoms with Crippen LogP contribution in [0.15, 0.2) is 12.4 Å². The van der Waals surface area contributed by atoms with Gasteiger partial charge in [-0.1, -0.05) is 0 Å². The summed E-state index contributed by atoms with van der Waals surface area (Å²) in [6.07, 6.45) is 3.91. The van der Waals surface area contributed by atoms with Gasteiger partial charge < -0.3 is 4.74 Å². The number of carbonyl (C=O) groups is 1. The van der Waals surface area contributed by atoms with Crippen LogP contribution in [-0.4, -0.2) is 50.8 Å². The topological polar surface area (TPSA) is 47.4 Å². The Morgan fingerprint density at radius 3 is 2.90 bits per heavy atom. The molecule has 0 spiro atoms. The zero-order valence-electron chi connectivity index (χ0n) is 12.6. The fourth-order valence-corrected chi connectivity index (χ4v) is 3.44. The van der Waals surface area contributed by atoms with Gasteiger partial charge in [-0.3, -0.25) is 14.4 Å². The molecule has 0 saturated carbocycles. The molecule has 1 atom stereocenters. The first-order valence-corrected chi connectivity index (χ1v) is 8.03. The maximum atomic E-state index is 12.0. The largest absolute Gasteiger partial charge is 0.459 e. The molecule has 112 valence electrons. The van der Waals surface area contributed by atoms with E-state index >= 15 is 0 Å². The third-order valence-corrected chi connectivity index (χ3v) is 4.12. The highest BCUT2D eigenvalue weighted by molar-refractivity contribution is 7.99. The predicted molar refractivity (Wildman–Crippen MR) is 80.7 cm³/mol. The minimum absolute atomic E-state index is 0.154. The molecule has 0 aliphatic carbocycles. The maximum absolute atomic E-state index is 12.0. The molecule has 1 aromatic heterocycles. The lowest BCUT2D eigenvalue weighted by Crippen LogP contribution is -2.41. The van der Waals surface area contributed by atoms with Gasteiger partial charge in [-0.25, -0.2) is 0 Å². The minimum Gasteiger partial charge on any atom is -0.459 e. The molecular weight excluding hydrogens is 274 g/mol. The number of esters is 1. The van der Waals surface area contributed by atoms with Crippen LogP contribution in [0.25, 0.3) is 0 Å². The maximum Gasteiger partial charge on any atom is 0.320 e. The Kier molecular flexibility index (Phi) is 4.75. The molecule has 0 bridgehead atoms. The first kappa shape index (κ1) is 15.4. The van der Waals surface area contributed by atoms with Gasteiger partial charge in [0.15, 0.2) is 0 Å². The Morgan fingerprint density at radius 1 is 1.55 bits per heavy atom. The number of nitrogens with zero attached hydrogens (tertiary/aromatic N) is 3. The van der Waals surface area contributed by atoms with E-state index in [1.165, 1.54) is 5.56 Å². The predicted octanol–water partition coefficient (Wildman–Crippen LogP) is 1.85. The molecule has 20 heavy (non-hydrogen) atoms. The fourth-order valence-electron chi connectivity index (χ4n) is 2.29. The van der Waals surface area contributed by atoms with Crippen molar-refractivity contribution in [3.8, 4) is 0 Å². The van der Waals surface area contributed by atoms with Crippen LogP contribution in [-0.2, 0) is 16.6 Å². The van der Waals surface area contributed by atoms with Crippen LogP contribution in [0.2, 0.25) is 0 Å². The van der Waals surface area contributed by atoms with Crippen molar-refractivity contribution < 1.29 is 9.53 Å². The van der Waals surface area contributed by atoms with E-state index < -0.39 is 5.60 Å². The van der Waals surface area contributed by atoms with Crippen molar-refractivity contribution in [2.24, 2.45) is 7.05 Å². The molecule has 1 aliphatic rings. The van der Waals surface area contributed by atoms with Gasteiger partial charge in [-0.05, 0) is 20.8 Å². The average molecular weight is 297 g/mol. The van der Waals surface area contributed by atoms with E-state index in [9.17, 15) is 4.79 Å². The number of hydrogen-bond acceptors (Lipinski definition) is 5. The summed E-state index contributed by atoms with van der Waals surface area (Å²) < 4.78 is 7.23. The van der Waals surface area contributed by atoms with Crippen molar-refractivity contribution in [3.05, 3.63) is 18.0 Å². The van der Waals surface area contributed by atoms with Crippen LogP contribution < -0.4 is 0 Å². The molecular formula is C14H23N3O2S. The lowest BCUT2D eigenvalue weighted by molar-refractivity contribution is -0.156. The van der Waals surface area contributed by atoms with Gasteiger partial charge in [-0.2, -0.15) is 16.9 Å². The van der Waals surface area contributed by atoms with Gasteiger partial charge in [0.2, 0.25) is 0 Å². The average Bonchev–Trinajstić information content (AvgIpc) is 2.74. The second-order valence-corrected chi connectivity index (χ2v) is 7.24. The van der Waals surface area contributed by atoms with E-state index in [4.69, 9.17) is 4.74 Å². The number of aryl methyl sites for hydroxylation is 1. The van der Waals surface area contributed by atoms with Gasteiger partial charge in [-0.15, -0.1) is 0 Å². The van der Waals surface area contributed by atoms with Crippen molar-refractivity contribution >= 4 is 17.7 Å². The van der Waals surface area contributed by atoms with Crippen LogP contribution >= 0.6 is 11.8 Å². The van der Waals surface area contributed by atoms with Crippen molar-refractivity contribution in [1.29, 1.82) is 0 Å². The Hall–Kier alpha value is -1.01. The third-order valence-electron chi connectivity index (χ3n) is 3.10. The summed E-state index contributed by atoms with van der Waals surface area (Å²) in [5.41, 5.74) is 0.745. The van der Waals surface area contributed by atoms with Crippen LogP contribution in [0, 0.1) is 0 Å². The van der Waals surface area contributed by atoms with E-state index in [-0.39, 0.29) is 12.0 Å². The Labute approximate surface area is 124 Å². The minimum atomic E-state index is -0.425. The van der Waals surface area contributed by atoms with Gasteiger partial charge in [0.05, 0.1) is 12.7 Å². The smallest absolute Gasteiger partial charge is 0.320 e. The number of hydrogen-bond donors (Lipinski definition) is 0. The second kappa shape index (κ2) is 6.18. The fraction of sp³-hybridized carbons (Fsp3) is 0.714. The molecule has 2 heterocycles. The van der Waals surface area contributed by atoms with E-state index in [0.29, 0.717) is 6.54 Å². The second-order valence-electron chi connectivity index (χ2n) is 6.09. The summed E-state index contributed by atoms with van der Waals surface area (Å²) in [6.45, 7) is 6.95. The molecule has 6 heteroatoms. The Morgan fingerprint density at radius 2 is 2.30 bits per heavy atom. The summed E-state index contributed by atoms with van der Waals surface area (Å²) in [7, 11) is 1.91. The number of ether oxygens (including phenoxy) is 1. The number of thioether (sulfide) groups is 1. The molecule has 2 rings (SSSR count). The molecule has 0 N–H and O–H groups in total. The third kappa shape index (κ3) is 4.24. The summed E-state index contributed by atoms with van der Waals surface area (Å²) >= 11 is 1.92. The van der Waals surface area contributed by atoms with Crippen LogP contribution in [0.1, 0.15) is 32.4 Å². The van der Waals surface area contributed by atoms with Crippen LogP contribution in [0.3, 0.4) is 0 Å². The quantitative estimate of drug-likeness (QED) is 0.797. The van der Waals surface area contributed by atoms with E-state index in [1.54, 1.807) is 4.68 Å². The highest BCUT2D eigenvalue weighted by Gasteiger charge is 2.28. The molecule has 1 aliphatic heterocycles. The first-order chi connectivity index (χ1) is 9.35. The van der Waals surface area contributed by atoms with E-state index in [1.807, 2.05) is 52.0 Å². The standard InChI is InChI=1S/C14H23N3O2S/c1-14(2,3)19-13(18)9-17-5-6-20-10-12(17)11-7-15-16(4)8-11/h7-8,12H,5-6,9-10H2,1-4H3/t12-/m0/s1. The number of carbonyl (C=O) groups excluding carboxylic acids is 1. The van der Waals surface area contributed by atoms with Crippen molar-refractivity contribution in [1.82, 2.24) is 14.7 Å². The van der Waals surface area contributed by atoms with Gasteiger partial charge in [0.1, 0.15) is 5.60 Å².